The van der Waals surface area contributed by atoms with Crippen LogP contribution in [0.15, 0.2) is 41.2 Å². The van der Waals surface area contributed by atoms with Gasteiger partial charge >= 0.3 is 6.18 Å². The van der Waals surface area contributed by atoms with Crippen LogP contribution < -0.4 is 10.9 Å². The molecule has 0 saturated carbocycles. The van der Waals surface area contributed by atoms with E-state index in [1.165, 1.54) is 18.2 Å². The van der Waals surface area contributed by atoms with Crippen LogP contribution in [0.5, 0.6) is 5.75 Å². The van der Waals surface area contributed by atoms with Gasteiger partial charge in [-0.2, -0.15) is 13.2 Å². The molecule has 4 rings (SSSR count). The first-order chi connectivity index (χ1) is 15.5. The fourth-order valence-electron chi connectivity index (χ4n) is 4.81. The number of phenolic OH excluding ortho intramolecular Hbond substituents is 1. The molecule has 1 unspecified atom stereocenters. The third-order valence-electron chi connectivity index (χ3n) is 6.60. The molecule has 9 heteroatoms. The Bertz CT molecular complexity index is 1270. The number of aromatic hydroxyl groups is 1. The van der Waals surface area contributed by atoms with Crippen molar-refractivity contribution in [3.63, 3.8) is 0 Å². The highest BCUT2D eigenvalue weighted by atomic mass is 19.4. The van der Waals surface area contributed by atoms with Crippen molar-refractivity contribution >= 4 is 16.6 Å². The number of H-pyrrole nitrogens is 1. The molecule has 1 aromatic heterocycles. The fourth-order valence-corrected chi connectivity index (χ4v) is 4.81. The summed E-state index contributed by atoms with van der Waals surface area (Å²) >= 11 is 0. The van der Waals surface area contributed by atoms with E-state index >= 15 is 0 Å². The second kappa shape index (κ2) is 8.06. The maximum Gasteiger partial charge on any atom is 0.419 e. The van der Waals surface area contributed by atoms with E-state index < -0.39 is 41.5 Å². The molecule has 0 saturated heterocycles. The van der Waals surface area contributed by atoms with Crippen molar-refractivity contribution in [3.05, 3.63) is 69.3 Å². The van der Waals surface area contributed by atoms with Gasteiger partial charge < -0.3 is 20.5 Å². The number of aromatic amines is 1. The van der Waals surface area contributed by atoms with E-state index in [2.05, 4.69) is 10.3 Å². The standard InChI is InChI=1S/C24H24F4N2O3/c1-3-12-5-6-15-19(21(12)32)13(4-2)11-23(33,24(26,27)28)22(15)29-17-9-8-16(25)20-14(17)7-10-18(31)30-20/h5-10,13,22,29,32-33H,3-4,11H2,1-2H3,(H,30,31)/t13-,22?,23-/m1/s1. The minimum Gasteiger partial charge on any atom is -0.507 e. The van der Waals surface area contributed by atoms with E-state index in [1.807, 2.05) is 6.92 Å². The van der Waals surface area contributed by atoms with E-state index in [0.29, 0.717) is 24.0 Å². The normalized spacial score (nSPS) is 22.9. The second-order valence-electron chi connectivity index (χ2n) is 8.44. The smallest absolute Gasteiger partial charge is 0.419 e. The van der Waals surface area contributed by atoms with Crippen LogP contribution in [0.3, 0.4) is 0 Å². The maximum atomic E-state index is 14.3. The fraction of sp³-hybridized carbons (Fsp3) is 0.375. The van der Waals surface area contributed by atoms with Crippen LogP contribution in [-0.2, 0) is 6.42 Å². The summed E-state index contributed by atoms with van der Waals surface area (Å²) in [4.78, 5) is 14.0. The summed E-state index contributed by atoms with van der Waals surface area (Å²) in [5, 5.41) is 24.8. The topological polar surface area (TPSA) is 85.3 Å². The monoisotopic (exact) mass is 464 g/mol. The lowest BCUT2D eigenvalue weighted by Crippen LogP contribution is -2.55. The molecular formula is C24H24F4N2O3. The largest absolute Gasteiger partial charge is 0.507 e. The molecule has 1 heterocycles. The number of rotatable bonds is 4. The van der Waals surface area contributed by atoms with Crippen molar-refractivity contribution in [1.82, 2.24) is 4.98 Å². The minimum atomic E-state index is -4.99. The van der Waals surface area contributed by atoms with Gasteiger partial charge in [-0.25, -0.2) is 4.39 Å². The third kappa shape index (κ3) is 3.64. The zero-order valence-corrected chi connectivity index (χ0v) is 18.1. The summed E-state index contributed by atoms with van der Waals surface area (Å²) in [5.74, 6) is -1.51. The molecule has 0 spiro atoms. The zero-order chi connectivity index (χ0) is 24.1. The average Bonchev–Trinajstić information content (AvgIpc) is 2.76. The molecule has 5 nitrogen and oxygen atoms in total. The van der Waals surface area contributed by atoms with Gasteiger partial charge in [0.15, 0.2) is 5.60 Å². The van der Waals surface area contributed by atoms with Gasteiger partial charge in [0, 0.05) is 22.7 Å². The highest BCUT2D eigenvalue weighted by Crippen LogP contribution is 2.55. The van der Waals surface area contributed by atoms with Crippen LogP contribution in [0.1, 0.15) is 55.3 Å². The third-order valence-corrected chi connectivity index (χ3v) is 6.60. The SMILES string of the molecule is CCc1ccc2c(c1O)[C@H](CC)C[C@](O)(C(F)(F)F)C2Nc1ccc(F)c2[nH]c(=O)ccc12. The quantitative estimate of drug-likeness (QED) is 0.396. The average molecular weight is 464 g/mol. The number of fused-ring (bicyclic) bond motifs is 2. The summed E-state index contributed by atoms with van der Waals surface area (Å²) in [7, 11) is 0. The van der Waals surface area contributed by atoms with E-state index in [-0.39, 0.29) is 27.9 Å². The minimum absolute atomic E-state index is 0.0637. The molecule has 2 aromatic carbocycles. The first-order valence-electron chi connectivity index (χ1n) is 10.7. The molecule has 0 radical (unpaired) electrons. The number of halogens is 4. The van der Waals surface area contributed by atoms with Crippen molar-refractivity contribution < 1.29 is 27.8 Å². The predicted octanol–water partition coefficient (Wildman–Crippen LogP) is 5.28. The molecule has 1 aliphatic rings. The van der Waals surface area contributed by atoms with Gasteiger partial charge in [-0.3, -0.25) is 4.79 Å². The lowest BCUT2D eigenvalue weighted by atomic mass is 9.68. The second-order valence-corrected chi connectivity index (χ2v) is 8.44. The molecule has 4 N–H and O–H groups in total. The van der Waals surface area contributed by atoms with E-state index in [0.717, 1.165) is 12.1 Å². The molecule has 0 fully saturated rings. The van der Waals surface area contributed by atoms with E-state index in [1.54, 1.807) is 13.0 Å². The van der Waals surface area contributed by atoms with Crippen molar-refractivity contribution in [1.29, 1.82) is 0 Å². The van der Waals surface area contributed by atoms with Crippen LogP contribution in [0.25, 0.3) is 10.9 Å². The van der Waals surface area contributed by atoms with Crippen molar-refractivity contribution in [2.24, 2.45) is 0 Å². The number of alkyl halides is 3. The Labute approximate surface area is 187 Å². The van der Waals surface area contributed by atoms with Gasteiger partial charge in [0.25, 0.3) is 0 Å². The van der Waals surface area contributed by atoms with Gasteiger partial charge in [0.1, 0.15) is 11.6 Å². The summed E-state index contributed by atoms with van der Waals surface area (Å²) < 4.78 is 57.2. The van der Waals surface area contributed by atoms with Crippen LogP contribution in [-0.4, -0.2) is 27.0 Å². The van der Waals surface area contributed by atoms with E-state index in [9.17, 15) is 32.6 Å². The van der Waals surface area contributed by atoms with Crippen LogP contribution >= 0.6 is 0 Å². The first kappa shape index (κ1) is 23.1. The predicted molar refractivity (Wildman–Crippen MR) is 117 cm³/mol. The lowest BCUT2D eigenvalue weighted by Gasteiger charge is -2.46. The zero-order valence-electron chi connectivity index (χ0n) is 18.1. The number of phenols is 1. The maximum absolute atomic E-state index is 14.3. The Balaban J connectivity index is 1.95. The number of aromatic nitrogens is 1. The van der Waals surface area contributed by atoms with Crippen LogP contribution in [0.4, 0.5) is 23.2 Å². The lowest BCUT2D eigenvalue weighted by molar-refractivity contribution is -0.272. The molecule has 0 aliphatic heterocycles. The van der Waals surface area contributed by atoms with Gasteiger partial charge in [0.2, 0.25) is 5.56 Å². The Morgan fingerprint density at radius 3 is 2.52 bits per heavy atom. The highest BCUT2D eigenvalue weighted by Gasteiger charge is 2.62. The molecule has 3 aromatic rings. The molecule has 0 bridgehead atoms. The van der Waals surface area contributed by atoms with Gasteiger partial charge in [-0.15, -0.1) is 0 Å². The molecule has 3 atom stereocenters. The summed E-state index contributed by atoms with van der Waals surface area (Å²) in [6, 6.07) is 6.12. The molecule has 0 amide bonds. The Morgan fingerprint density at radius 1 is 1.15 bits per heavy atom. The number of hydrogen-bond acceptors (Lipinski definition) is 4. The first-order valence-corrected chi connectivity index (χ1v) is 10.7. The number of benzene rings is 2. The Kier molecular flexibility index (Phi) is 5.64. The van der Waals surface area contributed by atoms with Crippen molar-refractivity contribution in [2.45, 2.75) is 56.8 Å². The molecular weight excluding hydrogens is 440 g/mol. The van der Waals surface area contributed by atoms with Gasteiger partial charge in [-0.1, -0.05) is 26.0 Å². The number of aliphatic hydroxyl groups is 1. The van der Waals surface area contributed by atoms with Gasteiger partial charge in [0.05, 0.1) is 11.6 Å². The molecule has 176 valence electrons. The summed E-state index contributed by atoms with van der Waals surface area (Å²) in [5.41, 5.74) is -2.65. The summed E-state index contributed by atoms with van der Waals surface area (Å²) in [6.45, 7) is 3.54. The van der Waals surface area contributed by atoms with Crippen molar-refractivity contribution in [2.75, 3.05) is 5.32 Å². The van der Waals surface area contributed by atoms with Gasteiger partial charge in [-0.05, 0) is 54.5 Å². The molecule has 33 heavy (non-hydrogen) atoms. The summed E-state index contributed by atoms with van der Waals surface area (Å²) in [6.07, 6.45) is -4.85. The van der Waals surface area contributed by atoms with Crippen LogP contribution in [0, 0.1) is 5.82 Å². The Morgan fingerprint density at radius 2 is 1.88 bits per heavy atom. The highest BCUT2D eigenvalue weighted by molar-refractivity contribution is 5.91. The van der Waals surface area contributed by atoms with E-state index in [4.69, 9.17) is 0 Å². The van der Waals surface area contributed by atoms with Crippen LogP contribution in [0.2, 0.25) is 0 Å². The number of aryl methyl sites for hydroxylation is 1. The number of anilines is 1. The number of pyridine rings is 1. The molecule has 1 aliphatic carbocycles. The van der Waals surface area contributed by atoms with Crippen molar-refractivity contribution in [3.8, 4) is 5.75 Å². The number of nitrogens with one attached hydrogen (secondary N) is 2. The Hall–Kier alpha value is -3.07. The number of hydrogen-bond donors (Lipinski definition) is 4.